The molecule has 0 radical (unpaired) electrons. The number of hydrogen-bond donors (Lipinski definition) is 1. The second-order valence-electron chi connectivity index (χ2n) is 8.52. The summed E-state index contributed by atoms with van der Waals surface area (Å²) in [6.07, 6.45) is 14.9. The van der Waals surface area contributed by atoms with E-state index < -0.39 is 5.97 Å². The predicted octanol–water partition coefficient (Wildman–Crippen LogP) is 8.10. The van der Waals surface area contributed by atoms with Crippen LogP contribution in [0.15, 0.2) is 60.7 Å². The molecule has 0 saturated heterocycles. The maximum Gasteiger partial charge on any atom is 0.303 e. The van der Waals surface area contributed by atoms with Crippen molar-refractivity contribution in [2.75, 3.05) is 0 Å². The second-order valence-corrected chi connectivity index (χ2v) is 8.52. The summed E-state index contributed by atoms with van der Waals surface area (Å²) in [7, 11) is 0. The SMILES string of the molecule is O=C(O)CCCCCCCCCCCCCC(OCc1ccccc1)c1ccccc1. The molecule has 2 rings (SSSR count). The van der Waals surface area contributed by atoms with Crippen molar-refractivity contribution in [1.29, 1.82) is 0 Å². The van der Waals surface area contributed by atoms with Crippen LogP contribution in [0.2, 0.25) is 0 Å². The summed E-state index contributed by atoms with van der Waals surface area (Å²) in [5, 5.41) is 8.63. The van der Waals surface area contributed by atoms with Gasteiger partial charge in [0.2, 0.25) is 0 Å². The molecular weight excluding hydrogens is 384 g/mol. The highest BCUT2D eigenvalue weighted by Crippen LogP contribution is 2.25. The van der Waals surface area contributed by atoms with Crippen LogP contribution in [-0.2, 0) is 16.1 Å². The van der Waals surface area contributed by atoms with E-state index in [1.807, 2.05) is 6.07 Å². The number of rotatable bonds is 18. The summed E-state index contributed by atoms with van der Waals surface area (Å²) in [6, 6.07) is 21.0. The number of ether oxygens (including phenoxy) is 1. The Morgan fingerprint density at radius 2 is 1.16 bits per heavy atom. The van der Waals surface area contributed by atoms with Crippen LogP contribution in [0, 0.1) is 0 Å². The van der Waals surface area contributed by atoms with E-state index in [-0.39, 0.29) is 6.10 Å². The van der Waals surface area contributed by atoms with Gasteiger partial charge in [0.1, 0.15) is 0 Å². The first kappa shape index (κ1) is 25.1. The van der Waals surface area contributed by atoms with E-state index in [9.17, 15) is 4.79 Å². The lowest BCUT2D eigenvalue weighted by Gasteiger charge is -2.18. The molecule has 0 amide bonds. The molecule has 0 saturated carbocycles. The van der Waals surface area contributed by atoms with Crippen molar-refractivity contribution >= 4 is 5.97 Å². The molecule has 31 heavy (non-hydrogen) atoms. The maximum atomic E-state index is 10.5. The highest BCUT2D eigenvalue weighted by molar-refractivity contribution is 5.66. The van der Waals surface area contributed by atoms with E-state index in [4.69, 9.17) is 9.84 Å². The zero-order valence-electron chi connectivity index (χ0n) is 19.0. The van der Waals surface area contributed by atoms with E-state index in [0.717, 1.165) is 19.3 Å². The lowest BCUT2D eigenvalue weighted by atomic mass is 10.0. The molecule has 0 aliphatic carbocycles. The van der Waals surface area contributed by atoms with E-state index in [2.05, 4.69) is 54.6 Å². The molecule has 0 aromatic heterocycles. The summed E-state index contributed by atoms with van der Waals surface area (Å²) >= 11 is 0. The predicted molar refractivity (Wildman–Crippen MR) is 128 cm³/mol. The Balaban J connectivity index is 1.53. The molecule has 170 valence electrons. The van der Waals surface area contributed by atoms with Crippen molar-refractivity contribution in [3.8, 4) is 0 Å². The van der Waals surface area contributed by atoms with Gasteiger partial charge in [0.05, 0.1) is 12.7 Å². The topological polar surface area (TPSA) is 46.5 Å². The zero-order valence-corrected chi connectivity index (χ0v) is 19.0. The van der Waals surface area contributed by atoms with Gasteiger partial charge >= 0.3 is 5.97 Å². The van der Waals surface area contributed by atoms with Crippen LogP contribution >= 0.6 is 0 Å². The average molecular weight is 425 g/mol. The fourth-order valence-electron chi connectivity index (χ4n) is 3.98. The number of unbranched alkanes of at least 4 members (excludes halogenated alkanes) is 10. The lowest BCUT2D eigenvalue weighted by Crippen LogP contribution is -2.05. The Bertz CT molecular complexity index is 684. The molecule has 3 nitrogen and oxygen atoms in total. The molecule has 2 aromatic rings. The van der Waals surface area contributed by atoms with Gasteiger partial charge in [-0.3, -0.25) is 4.79 Å². The van der Waals surface area contributed by atoms with Crippen molar-refractivity contribution in [3.05, 3.63) is 71.8 Å². The average Bonchev–Trinajstić information content (AvgIpc) is 2.80. The lowest BCUT2D eigenvalue weighted by molar-refractivity contribution is -0.137. The van der Waals surface area contributed by atoms with Gasteiger partial charge in [0.15, 0.2) is 0 Å². The standard InChI is InChI=1S/C28H40O3/c29-28(30)23-17-9-7-5-3-1-2-4-6-8-16-22-27(26-20-14-11-15-21-26)31-24-25-18-12-10-13-19-25/h10-15,18-21,27H,1-9,16-17,22-24H2,(H,29,30). The molecule has 0 aliphatic heterocycles. The van der Waals surface area contributed by atoms with Gasteiger partial charge < -0.3 is 9.84 Å². The van der Waals surface area contributed by atoms with E-state index in [0.29, 0.717) is 13.0 Å². The Morgan fingerprint density at radius 1 is 0.677 bits per heavy atom. The minimum atomic E-state index is -0.669. The third-order valence-corrected chi connectivity index (χ3v) is 5.82. The first-order valence-electron chi connectivity index (χ1n) is 12.2. The van der Waals surface area contributed by atoms with E-state index in [1.165, 1.54) is 68.9 Å². The number of hydrogen-bond acceptors (Lipinski definition) is 2. The molecule has 0 bridgehead atoms. The Labute approximate surface area is 188 Å². The molecule has 0 fully saturated rings. The fourth-order valence-corrected chi connectivity index (χ4v) is 3.98. The summed E-state index contributed by atoms with van der Waals surface area (Å²) in [4.78, 5) is 10.5. The molecule has 1 atom stereocenters. The first-order chi connectivity index (χ1) is 15.3. The third-order valence-electron chi connectivity index (χ3n) is 5.82. The first-order valence-corrected chi connectivity index (χ1v) is 12.2. The van der Waals surface area contributed by atoms with Gasteiger partial charge in [-0.25, -0.2) is 0 Å². The van der Waals surface area contributed by atoms with Crippen molar-refractivity contribution < 1.29 is 14.6 Å². The molecular formula is C28H40O3. The minimum absolute atomic E-state index is 0.169. The Kier molecular flexibility index (Phi) is 13.4. The Hall–Kier alpha value is -2.13. The van der Waals surface area contributed by atoms with Gasteiger partial charge in [-0.15, -0.1) is 0 Å². The summed E-state index contributed by atoms with van der Waals surface area (Å²) in [5.41, 5.74) is 2.51. The minimum Gasteiger partial charge on any atom is -0.481 e. The largest absolute Gasteiger partial charge is 0.481 e. The van der Waals surface area contributed by atoms with E-state index >= 15 is 0 Å². The molecule has 0 spiro atoms. The molecule has 2 aromatic carbocycles. The summed E-state index contributed by atoms with van der Waals surface area (Å²) in [6.45, 7) is 0.663. The van der Waals surface area contributed by atoms with Crippen LogP contribution in [0.1, 0.15) is 101 Å². The van der Waals surface area contributed by atoms with Crippen LogP contribution in [0.25, 0.3) is 0 Å². The summed E-state index contributed by atoms with van der Waals surface area (Å²) in [5.74, 6) is -0.669. The Morgan fingerprint density at radius 3 is 1.71 bits per heavy atom. The van der Waals surface area contributed by atoms with E-state index in [1.54, 1.807) is 0 Å². The molecule has 1 unspecified atom stereocenters. The van der Waals surface area contributed by atoms with Crippen molar-refractivity contribution in [2.24, 2.45) is 0 Å². The number of aliphatic carboxylic acids is 1. The van der Waals surface area contributed by atoms with Crippen molar-refractivity contribution in [3.63, 3.8) is 0 Å². The summed E-state index contributed by atoms with van der Waals surface area (Å²) < 4.78 is 6.29. The van der Waals surface area contributed by atoms with Crippen molar-refractivity contribution in [2.45, 2.75) is 96.2 Å². The molecule has 0 heterocycles. The molecule has 0 aliphatic rings. The highest BCUT2D eigenvalue weighted by Gasteiger charge is 2.11. The zero-order chi connectivity index (χ0) is 22.0. The van der Waals surface area contributed by atoms with Crippen molar-refractivity contribution in [1.82, 2.24) is 0 Å². The number of carbonyl (C=O) groups is 1. The van der Waals surface area contributed by atoms with Crippen LogP contribution in [0.4, 0.5) is 0 Å². The van der Waals surface area contributed by atoms with Crippen LogP contribution < -0.4 is 0 Å². The van der Waals surface area contributed by atoms with Gasteiger partial charge in [-0.1, -0.05) is 125 Å². The van der Waals surface area contributed by atoms with Gasteiger partial charge in [0, 0.05) is 6.42 Å². The monoisotopic (exact) mass is 424 g/mol. The van der Waals surface area contributed by atoms with Gasteiger partial charge in [-0.05, 0) is 24.0 Å². The normalized spacial score (nSPS) is 12.0. The smallest absolute Gasteiger partial charge is 0.303 e. The number of carboxylic acids is 1. The van der Waals surface area contributed by atoms with Crippen LogP contribution in [0.5, 0.6) is 0 Å². The number of carboxylic acid groups (broad SMARTS) is 1. The molecule has 3 heteroatoms. The van der Waals surface area contributed by atoms with Gasteiger partial charge in [-0.2, -0.15) is 0 Å². The van der Waals surface area contributed by atoms with Crippen LogP contribution in [0.3, 0.4) is 0 Å². The molecule has 1 N–H and O–H groups in total. The van der Waals surface area contributed by atoms with Gasteiger partial charge in [0.25, 0.3) is 0 Å². The maximum absolute atomic E-state index is 10.5. The highest BCUT2D eigenvalue weighted by atomic mass is 16.5. The number of benzene rings is 2. The third kappa shape index (κ3) is 12.3. The quantitative estimate of drug-likeness (QED) is 0.246. The second kappa shape index (κ2) is 16.5. The fraction of sp³-hybridized carbons (Fsp3) is 0.536. The van der Waals surface area contributed by atoms with Crippen LogP contribution in [-0.4, -0.2) is 11.1 Å².